The number of nitrogens with one attached hydrogen (secondary N) is 1. The van der Waals surface area contributed by atoms with Crippen molar-refractivity contribution in [2.45, 2.75) is 18.8 Å². The van der Waals surface area contributed by atoms with E-state index in [1.165, 1.54) is 6.20 Å². The molecule has 1 aliphatic carbocycles. The lowest BCUT2D eigenvalue weighted by Gasteiger charge is -2.07. The number of carbonyl (C=O) groups excluding carboxylic acids is 1. The quantitative estimate of drug-likeness (QED) is 0.790. The summed E-state index contributed by atoms with van der Waals surface area (Å²) >= 11 is 5.81. The van der Waals surface area contributed by atoms with E-state index in [4.69, 9.17) is 11.6 Å². The SMILES string of the molecule is O=C(Nc1ccc(Cl)cn1)c1nnn(-c2ccccc2)c1C1CC1. The molecule has 6 nitrogen and oxygen atoms in total. The Morgan fingerprint density at radius 2 is 1.96 bits per heavy atom. The van der Waals surface area contributed by atoms with Crippen molar-refractivity contribution in [1.82, 2.24) is 20.0 Å². The van der Waals surface area contributed by atoms with Gasteiger partial charge in [0.05, 0.1) is 16.4 Å². The van der Waals surface area contributed by atoms with Crippen molar-refractivity contribution >= 4 is 23.3 Å². The van der Waals surface area contributed by atoms with Crippen LogP contribution in [0.2, 0.25) is 5.02 Å². The fourth-order valence-electron chi connectivity index (χ4n) is 2.56. The minimum absolute atomic E-state index is 0.311. The molecule has 0 bridgehead atoms. The van der Waals surface area contributed by atoms with E-state index in [1.807, 2.05) is 30.3 Å². The van der Waals surface area contributed by atoms with Gasteiger partial charge in [0, 0.05) is 12.1 Å². The number of rotatable bonds is 4. The lowest BCUT2D eigenvalue weighted by molar-refractivity contribution is 0.102. The van der Waals surface area contributed by atoms with Crippen molar-refractivity contribution in [3.63, 3.8) is 0 Å². The number of hydrogen-bond acceptors (Lipinski definition) is 4. The third-order valence-electron chi connectivity index (χ3n) is 3.85. The molecule has 0 unspecified atom stereocenters. The number of hydrogen-bond donors (Lipinski definition) is 1. The molecule has 1 amide bonds. The van der Waals surface area contributed by atoms with Crippen LogP contribution >= 0.6 is 11.6 Å². The van der Waals surface area contributed by atoms with Gasteiger partial charge >= 0.3 is 0 Å². The molecular weight excluding hydrogens is 326 g/mol. The van der Waals surface area contributed by atoms with E-state index in [2.05, 4.69) is 20.6 Å². The average molecular weight is 340 g/mol. The van der Waals surface area contributed by atoms with Crippen LogP contribution in [0.1, 0.15) is 34.9 Å². The van der Waals surface area contributed by atoms with Gasteiger partial charge in [-0.15, -0.1) is 5.10 Å². The summed E-state index contributed by atoms with van der Waals surface area (Å²) in [5, 5.41) is 11.6. The predicted octanol–water partition coefficient (Wildman–Crippen LogP) is 3.45. The summed E-state index contributed by atoms with van der Waals surface area (Å²) in [6.45, 7) is 0. The predicted molar refractivity (Wildman–Crippen MR) is 90.5 cm³/mol. The monoisotopic (exact) mass is 339 g/mol. The van der Waals surface area contributed by atoms with Gasteiger partial charge < -0.3 is 5.32 Å². The maximum absolute atomic E-state index is 12.6. The Bertz CT molecular complexity index is 872. The number of para-hydroxylation sites is 1. The van der Waals surface area contributed by atoms with Crippen molar-refractivity contribution in [3.8, 4) is 5.69 Å². The summed E-state index contributed by atoms with van der Waals surface area (Å²) in [6.07, 6.45) is 3.57. The molecule has 7 heteroatoms. The van der Waals surface area contributed by atoms with Crippen molar-refractivity contribution in [3.05, 3.63) is 65.1 Å². The van der Waals surface area contributed by atoms with Crippen LogP contribution in [0.4, 0.5) is 5.82 Å². The number of amides is 1. The molecule has 0 atom stereocenters. The van der Waals surface area contributed by atoms with E-state index in [0.29, 0.717) is 22.5 Å². The summed E-state index contributed by atoms with van der Waals surface area (Å²) in [7, 11) is 0. The maximum Gasteiger partial charge on any atom is 0.279 e. The van der Waals surface area contributed by atoms with Gasteiger partial charge in [0.1, 0.15) is 5.82 Å². The molecule has 0 aliphatic heterocycles. The number of aromatic nitrogens is 4. The summed E-state index contributed by atoms with van der Waals surface area (Å²) in [5.74, 6) is 0.438. The second-order valence-corrected chi connectivity index (χ2v) is 6.10. The fraction of sp³-hybridized carbons (Fsp3) is 0.176. The Morgan fingerprint density at radius 1 is 1.17 bits per heavy atom. The van der Waals surface area contributed by atoms with Crippen LogP contribution in [0.15, 0.2) is 48.7 Å². The smallest absolute Gasteiger partial charge is 0.279 e. The van der Waals surface area contributed by atoms with Gasteiger partial charge in [-0.2, -0.15) is 0 Å². The molecule has 1 aromatic carbocycles. The molecule has 1 saturated carbocycles. The molecule has 1 N–H and O–H groups in total. The van der Waals surface area contributed by atoms with E-state index < -0.39 is 0 Å². The van der Waals surface area contributed by atoms with Crippen molar-refractivity contribution in [1.29, 1.82) is 0 Å². The Kier molecular flexibility index (Phi) is 3.74. The zero-order chi connectivity index (χ0) is 16.5. The Hall–Kier alpha value is -2.73. The van der Waals surface area contributed by atoms with E-state index in [9.17, 15) is 4.79 Å². The summed E-state index contributed by atoms with van der Waals surface area (Å²) in [6, 6.07) is 13.0. The number of pyridine rings is 1. The largest absolute Gasteiger partial charge is 0.305 e. The molecular formula is C17H14ClN5O. The topological polar surface area (TPSA) is 72.7 Å². The standard InChI is InChI=1S/C17H14ClN5O/c18-12-8-9-14(19-10-12)20-17(24)15-16(11-6-7-11)23(22-21-15)13-4-2-1-3-5-13/h1-5,8-11H,6-7H2,(H,19,20,24). The van der Waals surface area contributed by atoms with Crippen molar-refractivity contribution < 1.29 is 4.79 Å². The van der Waals surface area contributed by atoms with Crippen LogP contribution in [-0.2, 0) is 0 Å². The molecule has 0 radical (unpaired) electrons. The van der Waals surface area contributed by atoms with Crippen LogP contribution in [0.3, 0.4) is 0 Å². The van der Waals surface area contributed by atoms with Gasteiger partial charge in [-0.25, -0.2) is 9.67 Å². The Morgan fingerprint density at radius 3 is 2.62 bits per heavy atom. The first-order chi connectivity index (χ1) is 11.7. The van der Waals surface area contributed by atoms with E-state index >= 15 is 0 Å². The van der Waals surface area contributed by atoms with Gasteiger partial charge in [0.15, 0.2) is 5.69 Å². The van der Waals surface area contributed by atoms with Crippen molar-refractivity contribution in [2.75, 3.05) is 5.32 Å². The third-order valence-corrected chi connectivity index (χ3v) is 4.08. The molecule has 2 heterocycles. The van der Waals surface area contributed by atoms with Crippen LogP contribution in [0, 0.1) is 0 Å². The van der Waals surface area contributed by atoms with Crippen LogP contribution in [0.25, 0.3) is 5.69 Å². The summed E-state index contributed by atoms with van der Waals surface area (Å²) in [4.78, 5) is 16.7. The molecule has 120 valence electrons. The highest BCUT2D eigenvalue weighted by Gasteiger charge is 2.34. The lowest BCUT2D eigenvalue weighted by Crippen LogP contribution is -2.16. The number of carbonyl (C=O) groups is 1. The maximum atomic E-state index is 12.6. The Labute approximate surface area is 143 Å². The van der Waals surface area contributed by atoms with Crippen LogP contribution < -0.4 is 5.32 Å². The highest BCUT2D eigenvalue weighted by Crippen LogP contribution is 2.42. The van der Waals surface area contributed by atoms with Gasteiger partial charge in [-0.05, 0) is 37.1 Å². The van der Waals surface area contributed by atoms with E-state index in [0.717, 1.165) is 24.2 Å². The second kappa shape index (κ2) is 6.05. The molecule has 3 aromatic rings. The zero-order valence-corrected chi connectivity index (χ0v) is 13.4. The van der Waals surface area contributed by atoms with Crippen molar-refractivity contribution in [2.24, 2.45) is 0 Å². The van der Waals surface area contributed by atoms with E-state index in [1.54, 1.807) is 16.8 Å². The highest BCUT2D eigenvalue weighted by molar-refractivity contribution is 6.30. The third kappa shape index (κ3) is 2.88. The molecule has 24 heavy (non-hydrogen) atoms. The minimum Gasteiger partial charge on any atom is -0.305 e. The van der Waals surface area contributed by atoms with Gasteiger partial charge in [0.25, 0.3) is 5.91 Å². The number of halogens is 1. The number of benzene rings is 1. The molecule has 1 fully saturated rings. The van der Waals surface area contributed by atoms with Crippen LogP contribution in [0.5, 0.6) is 0 Å². The average Bonchev–Trinajstić information content (AvgIpc) is 3.35. The Balaban J connectivity index is 1.67. The molecule has 0 spiro atoms. The first-order valence-corrected chi connectivity index (χ1v) is 8.04. The fourth-order valence-corrected chi connectivity index (χ4v) is 2.67. The number of anilines is 1. The first kappa shape index (κ1) is 14.8. The van der Waals surface area contributed by atoms with E-state index in [-0.39, 0.29) is 5.91 Å². The molecule has 1 aliphatic rings. The summed E-state index contributed by atoms with van der Waals surface area (Å²) < 4.78 is 1.75. The van der Waals surface area contributed by atoms with Crippen LogP contribution in [-0.4, -0.2) is 25.9 Å². The zero-order valence-electron chi connectivity index (χ0n) is 12.7. The molecule has 4 rings (SSSR count). The normalized spacial score (nSPS) is 13.7. The lowest BCUT2D eigenvalue weighted by atomic mass is 10.2. The summed E-state index contributed by atoms with van der Waals surface area (Å²) in [5.41, 5.74) is 2.10. The molecule has 0 saturated heterocycles. The van der Waals surface area contributed by atoms with Gasteiger partial charge in [-0.3, -0.25) is 4.79 Å². The van der Waals surface area contributed by atoms with Gasteiger partial charge in [-0.1, -0.05) is 35.0 Å². The minimum atomic E-state index is -0.311. The van der Waals surface area contributed by atoms with Gasteiger partial charge in [0.2, 0.25) is 0 Å². The first-order valence-electron chi connectivity index (χ1n) is 7.66. The second-order valence-electron chi connectivity index (χ2n) is 5.66. The number of nitrogens with zero attached hydrogens (tertiary/aromatic N) is 4. The highest BCUT2D eigenvalue weighted by atomic mass is 35.5. The molecule has 2 aromatic heterocycles.